The predicted molar refractivity (Wildman–Crippen MR) is 62.2 cm³/mol. The second-order valence-electron chi connectivity index (χ2n) is 5.03. The molecule has 0 spiro atoms. The molecule has 2 fully saturated rings. The summed E-state index contributed by atoms with van der Waals surface area (Å²) in [6.45, 7) is 8.15. The molecule has 0 aromatic heterocycles. The Hall–Kier alpha value is -0.610. The Labute approximate surface area is 97.3 Å². The van der Waals surface area contributed by atoms with E-state index in [0.717, 1.165) is 39.0 Å². The molecular weight excluding hydrogens is 204 g/mol. The summed E-state index contributed by atoms with van der Waals surface area (Å²) in [4.78, 5) is 13.5. The van der Waals surface area contributed by atoms with Gasteiger partial charge in [-0.1, -0.05) is 0 Å². The molecule has 4 nitrogen and oxygen atoms in total. The lowest BCUT2D eigenvalue weighted by atomic mass is 9.81. The lowest BCUT2D eigenvalue weighted by Crippen LogP contribution is -2.57. The zero-order valence-electron chi connectivity index (χ0n) is 10.3. The number of hydrogen-bond donors (Lipinski definition) is 1. The van der Waals surface area contributed by atoms with E-state index in [1.807, 2.05) is 11.8 Å². The van der Waals surface area contributed by atoms with Crippen LogP contribution in [-0.2, 0) is 9.53 Å². The molecule has 16 heavy (non-hydrogen) atoms. The van der Waals surface area contributed by atoms with Crippen LogP contribution in [0.25, 0.3) is 0 Å². The van der Waals surface area contributed by atoms with Gasteiger partial charge >= 0.3 is 0 Å². The SMILES string of the molecule is CCN1CC(C)(C2CCNCC2)OCC1=O. The van der Waals surface area contributed by atoms with Crippen LogP contribution in [0.2, 0.25) is 0 Å². The number of carbonyl (C=O) groups is 1. The minimum absolute atomic E-state index is 0.133. The molecule has 1 unspecified atom stereocenters. The second kappa shape index (κ2) is 4.72. The minimum Gasteiger partial charge on any atom is -0.363 e. The Morgan fingerprint density at radius 3 is 2.81 bits per heavy atom. The van der Waals surface area contributed by atoms with Crippen LogP contribution >= 0.6 is 0 Å². The normalized spacial score (nSPS) is 33.1. The lowest BCUT2D eigenvalue weighted by Gasteiger charge is -2.45. The molecule has 0 saturated carbocycles. The maximum absolute atomic E-state index is 11.6. The van der Waals surface area contributed by atoms with Crippen molar-refractivity contribution < 1.29 is 9.53 Å². The zero-order valence-corrected chi connectivity index (χ0v) is 10.3. The molecule has 0 aliphatic carbocycles. The van der Waals surface area contributed by atoms with Gasteiger partial charge in [-0.15, -0.1) is 0 Å². The Morgan fingerprint density at radius 2 is 2.19 bits per heavy atom. The van der Waals surface area contributed by atoms with Crippen LogP contribution in [0, 0.1) is 5.92 Å². The first-order chi connectivity index (χ1) is 7.65. The van der Waals surface area contributed by atoms with Crippen LogP contribution in [-0.4, -0.2) is 49.2 Å². The third-order valence-corrected chi connectivity index (χ3v) is 3.97. The van der Waals surface area contributed by atoms with E-state index in [1.54, 1.807) is 0 Å². The maximum atomic E-state index is 11.6. The van der Waals surface area contributed by atoms with E-state index in [9.17, 15) is 4.79 Å². The summed E-state index contributed by atoms with van der Waals surface area (Å²) < 4.78 is 5.83. The zero-order chi connectivity index (χ0) is 11.6. The number of morpholine rings is 1. The van der Waals surface area contributed by atoms with Crippen LogP contribution in [0.3, 0.4) is 0 Å². The van der Waals surface area contributed by atoms with Crippen molar-refractivity contribution in [1.82, 2.24) is 10.2 Å². The van der Waals surface area contributed by atoms with Crippen molar-refractivity contribution in [2.45, 2.75) is 32.3 Å². The molecule has 4 heteroatoms. The number of hydrogen-bond acceptors (Lipinski definition) is 3. The summed E-state index contributed by atoms with van der Waals surface area (Å²) >= 11 is 0. The van der Waals surface area contributed by atoms with Crippen molar-refractivity contribution in [1.29, 1.82) is 0 Å². The van der Waals surface area contributed by atoms with E-state index in [2.05, 4.69) is 12.2 Å². The summed E-state index contributed by atoms with van der Waals surface area (Å²) in [7, 11) is 0. The molecule has 0 radical (unpaired) electrons. The van der Waals surface area contributed by atoms with Gasteiger partial charge in [0, 0.05) is 13.1 Å². The highest BCUT2D eigenvalue weighted by molar-refractivity contribution is 5.78. The fraction of sp³-hybridized carbons (Fsp3) is 0.917. The van der Waals surface area contributed by atoms with Crippen LogP contribution < -0.4 is 5.32 Å². The van der Waals surface area contributed by atoms with Crippen molar-refractivity contribution in [2.24, 2.45) is 5.92 Å². The van der Waals surface area contributed by atoms with Crippen LogP contribution in [0.4, 0.5) is 0 Å². The topological polar surface area (TPSA) is 41.6 Å². The summed E-state index contributed by atoms with van der Waals surface area (Å²) in [5.41, 5.74) is -0.133. The van der Waals surface area contributed by atoms with E-state index in [-0.39, 0.29) is 18.1 Å². The summed E-state index contributed by atoms with van der Waals surface area (Å²) in [6.07, 6.45) is 2.31. The summed E-state index contributed by atoms with van der Waals surface area (Å²) in [5.74, 6) is 0.713. The molecule has 1 atom stereocenters. The fourth-order valence-electron chi connectivity index (χ4n) is 2.80. The molecule has 2 rings (SSSR count). The Kier molecular flexibility index (Phi) is 3.50. The van der Waals surface area contributed by atoms with Crippen molar-refractivity contribution in [3.8, 4) is 0 Å². The van der Waals surface area contributed by atoms with Gasteiger partial charge in [-0.2, -0.15) is 0 Å². The van der Waals surface area contributed by atoms with Crippen LogP contribution in [0.5, 0.6) is 0 Å². The number of ether oxygens (including phenoxy) is 1. The maximum Gasteiger partial charge on any atom is 0.248 e. The largest absolute Gasteiger partial charge is 0.363 e. The van der Waals surface area contributed by atoms with E-state index < -0.39 is 0 Å². The third kappa shape index (κ3) is 2.23. The van der Waals surface area contributed by atoms with Crippen molar-refractivity contribution in [2.75, 3.05) is 32.8 Å². The van der Waals surface area contributed by atoms with E-state index in [0.29, 0.717) is 5.92 Å². The second-order valence-corrected chi connectivity index (χ2v) is 5.03. The Morgan fingerprint density at radius 1 is 1.50 bits per heavy atom. The van der Waals surface area contributed by atoms with Gasteiger partial charge < -0.3 is 15.0 Å². The molecule has 2 heterocycles. The van der Waals surface area contributed by atoms with Gasteiger partial charge in [0.2, 0.25) is 5.91 Å². The van der Waals surface area contributed by atoms with Gasteiger partial charge in [-0.3, -0.25) is 4.79 Å². The number of piperidine rings is 1. The monoisotopic (exact) mass is 226 g/mol. The van der Waals surface area contributed by atoms with E-state index >= 15 is 0 Å². The van der Waals surface area contributed by atoms with Crippen molar-refractivity contribution in [3.63, 3.8) is 0 Å². The first-order valence-corrected chi connectivity index (χ1v) is 6.28. The molecule has 1 N–H and O–H groups in total. The number of nitrogens with zero attached hydrogens (tertiary/aromatic N) is 1. The molecule has 0 aromatic rings. The summed E-state index contributed by atoms with van der Waals surface area (Å²) in [6, 6.07) is 0. The Balaban J connectivity index is 2.03. The molecule has 2 aliphatic heterocycles. The summed E-state index contributed by atoms with van der Waals surface area (Å²) in [5, 5.41) is 3.37. The molecule has 1 amide bonds. The highest BCUT2D eigenvalue weighted by atomic mass is 16.5. The number of likely N-dealkylation sites (N-methyl/N-ethyl adjacent to an activating group) is 1. The molecule has 2 aliphatic rings. The van der Waals surface area contributed by atoms with Gasteiger partial charge in [0.15, 0.2) is 0 Å². The number of carbonyl (C=O) groups excluding carboxylic acids is 1. The fourth-order valence-corrected chi connectivity index (χ4v) is 2.80. The van der Waals surface area contributed by atoms with Crippen molar-refractivity contribution >= 4 is 5.91 Å². The molecule has 92 valence electrons. The minimum atomic E-state index is -0.133. The average molecular weight is 226 g/mol. The quantitative estimate of drug-likeness (QED) is 0.750. The molecule has 0 aromatic carbocycles. The number of nitrogens with one attached hydrogen (secondary N) is 1. The first-order valence-electron chi connectivity index (χ1n) is 6.28. The predicted octanol–water partition coefficient (Wildman–Crippen LogP) is 0.623. The standard InChI is InChI=1S/C12H22N2O2/c1-3-14-9-12(2,16-8-11(14)15)10-4-6-13-7-5-10/h10,13H,3-9H2,1-2H3. The van der Waals surface area contributed by atoms with E-state index in [4.69, 9.17) is 4.74 Å². The number of rotatable bonds is 2. The lowest BCUT2D eigenvalue weighted by molar-refractivity contribution is -0.171. The smallest absolute Gasteiger partial charge is 0.248 e. The third-order valence-electron chi connectivity index (χ3n) is 3.97. The number of amides is 1. The highest BCUT2D eigenvalue weighted by Crippen LogP contribution is 2.32. The van der Waals surface area contributed by atoms with Gasteiger partial charge in [0.1, 0.15) is 6.61 Å². The van der Waals surface area contributed by atoms with Crippen LogP contribution in [0.1, 0.15) is 26.7 Å². The van der Waals surface area contributed by atoms with Crippen LogP contribution in [0.15, 0.2) is 0 Å². The Bertz CT molecular complexity index is 264. The highest BCUT2D eigenvalue weighted by Gasteiger charge is 2.41. The molecular formula is C12H22N2O2. The molecule has 2 saturated heterocycles. The first kappa shape index (κ1) is 11.9. The van der Waals surface area contributed by atoms with Crippen molar-refractivity contribution in [3.05, 3.63) is 0 Å². The van der Waals surface area contributed by atoms with Gasteiger partial charge in [0.05, 0.1) is 5.60 Å². The average Bonchev–Trinajstić information content (AvgIpc) is 2.34. The van der Waals surface area contributed by atoms with Gasteiger partial charge in [-0.05, 0) is 45.7 Å². The van der Waals surface area contributed by atoms with E-state index in [1.165, 1.54) is 0 Å². The van der Waals surface area contributed by atoms with Gasteiger partial charge in [0.25, 0.3) is 0 Å². The van der Waals surface area contributed by atoms with Gasteiger partial charge in [-0.25, -0.2) is 0 Å². The molecule has 0 bridgehead atoms.